The van der Waals surface area contributed by atoms with E-state index in [9.17, 15) is 14.0 Å². The van der Waals surface area contributed by atoms with Crippen molar-refractivity contribution in [2.75, 3.05) is 19.6 Å². The molecular formula is C29H25F2N3O2. The Kier molecular flexibility index (Phi) is 4.63. The van der Waals surface area contributed by atoms with E-state index in [1.807, 2.05) is 23.1 Å². The van der Waals surface area contributed by atoms with Gasteiger partial charge in [0.05, 0.1) is 5.56 Å². The predicted molar refractivity (Wildman–Crippen MR) is 132 cm³/mol. The number of hydrogen-bond donors (Lipinski definition) is 0. The van der Waals surface area contributed by atoms with E-state index in [1.165, 1.54) is 12.1 Å². The van der Waals surface area contributed by atoms with Crippen molar-refractivity contribution >= 4 is 28.4 Å². The monoisotopic (exact) mass is 485 g/mol. The highest BCUT2D eigenvalue weighted by Crippen LogP contribution is 2.46. The van der Waals surface area contributed by atoms with Crippen molar-refractivity contribution in [2.24, 2.45) is 16.8 Å². The number of benzene rings is 3. The van der Waals surface area contributed by atoms with Crippen LogP contribution in [-0.2, 0) is 9.59 Å². The highest BCUT2D eigenvalue weighted by atomic mass is 19.1. The van der Waals surface area contributed by atoms with E-state index in [0.29, 0.717) is 60.4 Å². The summed E-state index contributed by atoms with van der Waals surface area (Å²) in [6, 6.07) is 15.2. The first-order chi connectivity index (χ1) is 17.4. The van der Waals surface area contributed by atoms with Gasteiger partial charge in [0.2, 0.25) is 5.91 Å². The van der Waals surface area contributed by atoms with Gasteiger partial charge in [0, 0.05) is 36.9 Å². The first-order valence-electron chi connectivity index (χ1n) is 12.6. The molecule has 1 saturated heterocycles. The molecule has 3 aromatic rings. The lowest BCUT2D eigenvalue weighted by Crippen LogP contribution is -2.55. The molecule has 0 radical (unpaired) electrons. The quantitative estimate of drug-likeness (QED) is 0.523. The maximum Gasteiger partial charge on any atom is 0.256 e. The van der Waals surface area contributed by atoms with Crippen LogP contribution in [0, 0.1) is 23.5 Å². The highest BCUT2D eigenvalue weighted by Gasteiger charge is 2.58. The molecule has 0 unspecified atom stereocenters. The Hall–Kier alpha value is -3.61. The molecule has 0 bridgehead atoms. The summed E-state index contributed by atoms with van der Waals surface area (Å²) in [5, 5.41) is 1.27. The molecule has 7 heteroatoms. The second kappa shape index (κ2) is 7.69. The van der Waals surface area contributed by atoms with Gasteiger partial charge in [-0.3, -0.25) is 19.5 Å². The van der Waals surface area contributed by atoms with Gasteiger partial charge in [-0.1, -0.05) is 30.3 Å². The highest BCUT2D eigenvalue weighted by molar-refractivity contribution is 6.16. The molecule has 182 valence electrons. The van der Waals surface area contributed by atoms with Crippen molar-refractivity contribution in [3.8, 4) is 11.1 Å². The Labute approximate surface area is 207 Å². The van der Waals surface area contributed by atoms with Crippen LogP contribution in [0.5, 0.6) is 0 Å². The first-order valence-corrected chi connectivity index (χ1v) is 12.6. The number of amides is 2. The molecule has 2 aliphatic carbocycles. The zero-order valence-electron chi connectivity index (χ0n) is 19.7. The largest absolute Gasteiger partial charge is 0.342 e. The second-order valence-electron chi connectivity index (χ2n) is 10.6. The van der Waals surface area contributed by atoms with Gasteiger partial charge in [-0.15, -0.1) is 0 Å². The van der Waals surface area contributed by atoms with Crippen molar-refractivity contribution in [1.29, 1.82) is 0 Å². The third-order valence-electron chi connectivity index (χ3n) is 7.95. The van der Waals surface area contributed by atoms with Crippen LogP contribution in [0.25, 0.3) is 21.9 Å². The minimum Gasteiger partial charge on any atom is -0.342 e. The maximum atomic E-state index is 15.5. The number of halogens is 2. The fourth-order valence-electron chi connectivity index (χ4n) is 5.48. The fraction of sp³-hybridized carbons (Fsp3) is 0.345. The molecule has 7 rings (SSSR count). The average Bonchev–Trinajstić information content (AvgIpc) is 3.77. The Morgan fingerprint density at radius 3 is 2.44 bits per heavy atom. The first kappa shape index (κ1) is 21.7. The summed E-state index contributed by atoms with van der Waals surface area (Å²) in [6.07, 6.45) is 3.33. The van der Waals surface area contributed by atoms with Gasteiger partial charge in [0.1, 0.15) is 23.0 Å². The number of hydrogen-bond acceptors (Lipinski definition) is 3. The molecule has 2 saturated carbocycles. The molecule has 3 fully saturated rings. The normalized spacial score (nSPS) is 20.7. The Morgan fingerprint density at radius 1 is 0.972 bits per heavy atom. The maximum absolute atomic E-state index is 15.5. The smallest absolute Gasteiger partial charge is 0.256 e. The third-order valence-corrected chi connectivity index (χ3v) is 7.95. The summed E-state index contributed by atoms with van der Waals surface area (Å²) in [4.78, 5) is 33.7. The molecular weight excluding hydrogens is 460 g/mol. The van der Waals surface area contributed by atoms with E-state index in [2.05, 4.69) is 0 Å². The van der Waals surface area contributed by atoms with E-state index in [0.717, 1.165) is 18.2 Å². The Bertz CT molecular complexity index is 1470. The molecule has 0 N–H and O–H groups in total. The van der Waals surface area contributed by atoms with Crippen LogP contribution in [0.2, 0.25) is 0 Å². The molecule has 2 amide bonds. The third kappa shape index (κ3) is 3.44. The van der Waals surface area contributed by atoms with Crippen LogP contribution in [0.15, 0.2) is 59.6 Å². The molecule has 5 nitrogen and oxygen atoms in total. The van der Waals surface area contributed by atoms with Crippen LogP contribution in [0.4, 0.5) is 8.78 Å². The summed E-state index contributed by atoms with van der Waals surface area (Å²) < 4.78 is 29.8. The zero-order chi connectivity index (χ0) is 24.6. The van der Waals surface area contributed by atoms with E-state index in [-0.39, 0.29) is 29.5 Å². The van der Waals surface area contributed by atoms with Crippen LogP contribution in [0.1, 0.15) is 31.2 Å². The average molecular weight is 486 g/mol. The minimum absolute atomic E-state index is 0.0575. The number of nitrogens with zero attached hydrogens (tertiary/aromatic N) is 3. The second-order valence-corrected chi connectivity index (χ2v) is 10.6. The summed E-state index contributed by atoms with van der Waals surface area (Å²) in [5.41, 5.74) is 0.914. The summed E-state index contributed by atoms with van der Waals surface area (Å²) >= 11 is 0. The topological polar surface area (TPSA) is 53.0 Å². The van der Waals surface area contributed by atoms with Gasteiger partial charge >= 0.3 is 0 Å². The van der Waals surface area contributed by atoms with E-state index >= 15 is 4.39 Å². The number of likely N-dealkylation sites (tertiary alicyclic amines) is 1. The number of carbonyl (C=O) groups excluding carboxylic acids is 2. The number of amidine groups is 1. The van der Waals surface area contributed by atoms with E-state index in [1.54, 1.807) is 29.2 Å². The molecule has 36 heavy (non-hydrogen) atoms. The Balaban J connectivity index is 1.15. The number of aliphatic imine (C=N–C) groups is 1. The van der Waals surface area contributed by atoms with Gasteiger partial charge in [-0.2, -0.15) is 0 Å². The van der Waals surface area contributed by atoms with Crippen LogP contribution >= 0.6 is 0 Å². The standard InChI is InChI=1S/C29H25F2N3O2/c30-24-3-1-2-18-4-7-20(12-23(18)24)21-8-9-22(25(31)13-21)26-32-29(10-11-29)28(36)34(26)16-17-14-33(15-17)27(35)19-5-6-19/h1-4,7-9,12-13,17,19H,5-6,10-11,14-16H2. The van der Waals surface area contributed by atoms with E-state index in [4.69, 9.17) is 4.99 Å². The lowest BCUT2D eigenvalue weighted by atomic mass is 9.97. The lowest BCUT2D eigenvalue weighted by Gasteiger charge is -2.41. The Morgan fingerprint density at radius 2 is 1.72 bits per heavy atom. The lowest BCUT2D eigenvalue weighted by molar-refractivity contribution is -0.139. The van der Waals surface area contributed by atoms with Crippen molar-refractivity contribution in [3.63, 3.8) is 0 Å². The van der Waals surface area contributed by atoms with Gasteiger partial charge in [-0.05, 0) is 66.5 Å². The fourth-order valence-corrected chi connectivity index (χ4v) is 5.48. The van der Waals surface area contributed by atoms with Crippen molar-refractivity contribution in [3.05, 3.63) is 71.8 Å². The van der Waals surface area contributed by atoms with E-state index < -0.39 is 11.4 Å². The van der Waals surface area contributed by atoms with Gasteiger partial charge in [0.15, 0.2) is 0 Å². The van der Waals surface area contributed by atoms with Crippen molar-refractivity contribution < 1.29 is 18.4 Å². The predicted octanol–water partition coefficient (Wildman–Crippen LogP) is 4.77. The van der Waals surface area contributed by atoms with Gasteiger partial charge in [-0.25, -0.2) is 8.78 Å². The minimum atomic E-state index is -0.733. The van der Waals surface area contributed by atoms with Crippen LogP contribution < -0.4 is 0 Å². The summed E-state index contributed by atoms with van der Waals surface area (Å²) in [7, 11) is 0. The summed E-state index contributed by atoms with van der Waals surface area (Å²) in [6.45, 7) is 1.72. The van der Waals surface area contributed by atoms with Crippen molar-refractivity contribution in [1.82, 2.24) is 9.80 Å². The van der Waals surface area contributed by atoms with Gasteiger partial charge < -0.3 is 4.90 Å². The molecule has 1 spiro atoms. The SMILES string of the molecule is O=C(C1CC1)N1CC(CN2C(=O)C3(CC3)N=C2c2ccc(-c3ccc4cccc(F)c4c3)cc2F)C1. The van der Waals surface area contributed by atoms with Crippen molar-refractivity contribution in [2.45, 2.75) is 31.2 Å². The van der Waals surface area contributed by atoms with Crippen LogP contribution in [0.3, 0.4) is 0 Å². The van der Waals surface area contributed by atoms with Crippen LogP contribution in [-0.4, -0.2) is 52.6 Å². The zero-order valence-corrected chi connectivity index (χ0v) is 19.7. The number of rotatable bonds is 5. The molecule has 2 aliphatic heterocycles. The summed E-state index contributed by atoms with van der Waals surface area (Å²) in [5.74, 6) is 0.139. The number of fused-ring (bicyclic) bond motifs is 1. The molecule has 0 atom stereocenters. The molecule has 0 aromatic heterocycles. The molecule has 2 heterocycles. The molecule has 4 aliphatic rings. The molecule has 3 aromatic carbocycles. The number of carbonyl (C=O) groups is 2. The van der Waals surface area contributed by atoms with Gasteiger partial charge in [0.25, 0.3) is 5.91 Å².